The van der Waals surface area contributed by atoms with Gasteiger partial charge in [0.1, 0.15) is 0 Å². The first-order chi connectivity index (χ1) is 26.1. The summed E-state index contributed by atoms with van der Waals surface area (Å²) in [5.41, 5.74) is 4.48. The lowest BCUT2D eigenvalue weighted by atomic mass is 9.79. The molecule has 0 saturated heterocycles. The van der Waals surface area contributed by atoms with Gasteiger partial charge in [0.05, 0.1) is 45.8 Å². The standard InChI is InChI=1S/C46H32N4O4/c1-5-23(3)25-7-11-29(12-8-25)49-43(51)33-17-15-31-38-28(22-48)20-36-40-34(44(52)50(46(36)54)30-13-9-26(10-14-30)24(4)6-2)18-16-32(42(38)40)37-27(21-47)19-35(45(49)53)39(33)41(31)37/h7-20,23-24H,5-6H2,1-4H3. The van der Waals surface area contributed by atoms with Gasteiger partial charge in [0.2, 0.25) is 0 Å². The number of carbonyl (C=O) groups is 4. The molecule has 7 aromatic rings. The van der Waals surface area contributed by atoms with E-state index in [1.54, 1.807) is 48.5 Å². The third kappa shape index (κ3) is 4.28. The zero-order valence-electron chi connectivity index (χ0n) is 30.1. The minimum atomic E-state index is -0.547. The number of nitrogens with zero attached hydrogens (tertiary/aromatic N) is 4. The molecule has 0 N–H and O–H groups in total. The largest absolute Gasteiger partial charge is 0.268 e. The summed E-state index contributed by atoms with van der Waals surface area (Å²) in [6.45, 7) is 8.44. The molecule has 0 spiro atoms. The van der Waals surface area contributed by atoms with Crippen LogP contribution in [0.2, 0.25) is 0 Å². The molecule has 2 aliphatic rings. The lowest BCUT2D eigenvalue weighted by molar-refractivity contribution is 0.0877. The molecule has 2 aliphatic heterocycles. The van der Waals surface area contributed by atoms with Crippen LogP contribution in [0.25, 0.3) is 43.1 Å². The Balaban J connectivity index is 1.29. The van der Waals surface area contributed by atoms with Crippen molar-refractivity contribution in [2.45, 2.75) is 52.4 Å². The van der Waals surface area contributed by atoms with E-state index < -0.39 is 23.6 Å². The number of hydrogen-bond donors (Lipinski definition) is 0. The number of amides is 4. The van der Waals surface area contributed by atoms with Crippen LogP contribution in [0.4, 0.5) is 11.4 Å². The second-order valence-corrected chi connectivity index (χ2v) is 14.4. The first-order valence-corrected chi connectivity index (χ1v) is 18.2. The topological polar surface area (TPSA) is 122 Å². The maximum Gasteiger partial charge on any atom is 0.266 e. The van der Waals surface area contributed by atoms with E-state index in [9.17, 15) is 29.7 Å². The van der Waals surface area contributed by atoms with E-state index in [1.165, 1.54) is 12.1 Å². The molecule has 0 saturated carbocycles. The molecule has 54 heavy (non-hydrogen) atoms. The minimum absolute atomic E-state index is 0.201. The molecule has 2 atom stereocenters. The zero-order valence-corrected chi connectivity index (χ0v) is 30.1. The molecule has 8 nitrogen and oxygen atoms in total. The molecule has 4 amide bonds. The van der Waals surface area contributed by atoms with Crippen molar-refractivity contribution in [2.24, 2.45) is 0 Å². The third-order valence-corrected chi connectivity index (χ3v) is 11.7. The highest BCUT2D eigenvalue weighted by Gasteiger charge is 2.39. The highest BCUT2D eigenvalue weighted by atomic mass is 16.2. The third-order valence-electron chi connectivity index (χ3n) is 11.7. The van der Waals surface area contributed by atoms with Gasteiger partial charge in [-0.1, -0.05) is 64.1 Å². The Morgan fingerprint density at radius 2 is 0.833 bits per heavy atom. The lowest BCUT2D eigenvalue weighted by Gasteiger charge is -2.31. The first-order valence-electron chi connectivity index (χ1n) is 18.2. The lowest BCUT2D eigenvalue weighted by Crippen LogP contribution is -2.40. The Morgan fingerprint density at radius 3 is 1.17 bits per heavy atom. The molecule has 260 valence electrons. The number of nitriles is 2. The Morgan fingerprint density at radius 1 is 0.481 bits per heavy atom. The van der Waals surface area contributed by atoms with Crippen molar-refractivity contribution in [3.05, 3.63) is 129 Å². The second-order valence-electron chi connectivity index (χ2n) is 14.4. The van der Waals surface area contributed by atoms with Crippen molar-refractivity contribution in [3.63, 3.8) is 0 Å². The van der Waals surface area contributed by atoms with Crippen LogP contribution in [0.15, 0.2) is 84.9 Å². The summed E-state index contributed by atoms with van der Waals surface area (Å²) in [5, 5.41) is 25.2. The molecule has 0 aliphatic carbocycles. The van der Waals surface area contributed by atoms with Gasteiger partial charge in [0, 0.05) is 43.4 Å². The van der Waals surface area contributed by atoms with Gasteiger partial charge < -0.3 is 0 Å². The predicted molar refractivity (Wildman–Crippen MR) is 210 cm³/mol. The predicted octanol–water partition coefficient (Wildman–Crippen LogP) is 10.1. The molecule has 0 radical (unpaired) electrons. The Kier molecular flexibility index (Phi) is 7.21. The van der Waals surface area contributed by atoms with Gasteiger partial charge >= 0.3 is 0 Å². The molecule has 2 unspecified atom stereocenters. The fraction of sp³-hybridized carbons (Fsp3) is 0.174. The zero-order chi connectivity index (χ0) is 37.7. The molecule has 9 rings (SSSR count). The first kappa shape index (κ1) is 33.0. The van der Waals surface area contributed by atoms with E-state index in [-0.39, 0.29) is 22.3 Å². The molecule has 2 heterocycles. The number of imide groups is 2. The van der Waals surface area contributed by atoms with Crippen LogP contribution < -0.4 is 9.80 Å². The monoisotopic (exact) mass is 704 g/mol. The van der Waals surface area contributed by atoms with Crippen molar-refractivity contribution < 1.29 is 19.2 Å². The fourth-order valence-electron chi connectivity index (χ4n) is 8.49. The van der Waals surface area contributed by atoms with E-state index in [2.05, 4.69) is 39.8 Å². The summed E-state index contributed by atoms with van der Waals surface area (Å²) in [6.07, 6.45) is 1.89. The summed E-state index contributed by atoms with van der Waals surface area (Å²) in [4.78, 5) is 59.5. The van der Waals surface area contributed by atoms with Gasteiger partial charge in [0.15, 0.2) is 0 Å². The van der Waals surface area contributed by atoms with Crippen LogP contribution in [0.3, 0.4) is 0 Å². The highest BCUT2D eigenvalue weighted by Crippen LogP contribution is 2.49. The maximum atomic E-state index is 14.3. The van der Waals surface area contributed by atoms with Gasteiger partial charge in [-0.15, -0.1) is 0 Å². The van der Waals surface area contributed by atoms with Gasteiger partial charge in [0.25, 0.3) is 23.6 Å². The number of fused-ring (bicyclic) bond motifs is 2. The number of hydrogen-bond acceptors (Lipinski definition) is 6. The normalized spacial score (nSPS) is 15.1. The van der Waals surface area contributed by atoms with E-state index in [0.29, 0.717) is 77.4 Å². The van der Waals surface area contributed by atoms with Gasteiger partial charge in [-0.25, -0.2) is 9.80 Å². The summed E-state index contributed by atoms with van der Waals surface area (Å²) < 4.78 is 0. The summed E-state index contributed by atoms with van der Waals surface area (Å²) in [6, 6.07) is 29.3. The van der Waals surface area contributed by atoms with Crippen LogP contribution >= 0.6 is 0 Å². The molecule has 0 bridgehead atoms. The Labute approximate surface area is 310 Å². The van der Waals surface area contributed by atoms with Gasteiger partial charge in [-0.05, 0) is 95.1 Å². The molecular weight excluding hydrogens is 673 g/mol. The van der Waals surface area contributed by atoms with Crippen molar-refractivity contribution in [2.75, 3.05) is 9.80 Å². The minimum Gasteiger partial charge on any atom is -0.268 e. The number of rotatable bonds is 6. The summed E-state index contributed by atoms with van der Waals surface area (Å²) in [7, 11) is 0. The van der Waals surface area contributed by atoms with Crippen LogP contribution in [0.5, 0.6) is 0 Å². The molecule has 7 aromatic carbocycles. The van der Waals surface area contributed by atoms with E-state index in [4.69, 9.17) is 0 Å². The number of carbonyl (C=O) groups excluding carboxylic acids is 4. The summed E-state index contributed by atoms with van der Waals surface area (Å²) in [5.74, 6) is -1.44. The van der Waals surface area contributed by atoms with E-state index in [1.807, 2.05) is 24.3 Å². The Hall–Kier alpha value is -6.90. The quantitative estimate of drug-likeness (QED) is 0.0965. The molecule has 0 fully saturated rings. The van der Waals surface area contributed by atoms with E-state index in [0.717, 1.165) is 33.8 Å². The molecular formula is C46H32N4O4. The van der Waals surface area contributed by atoms with Gasteiger partial charge in [-0.2, -0.15) is 10.5 Å². The average molecular weight is 705 g/mol. The van der Waals surface area contributed by atoms with Crippen molar-refractivity contribution in [1.82, 2.24) is 0 Å². The maximum absolute atomic E-state index is 14.3. The number of benzene rings is 7. The molecule has 8 heteroatoms. The SMILES string of the molecule is CCC(C)c1ccc(N2C(=O)c3ccc4c5c(C#N)cc6c7c(ccc(c8c(C#N)cc(c3c48)C2=O)c75)C(=O)N(c2ccc(C(C)CC)cc2)C6=O)cc1. The van der Waals surface area contributed by atoms with Crippen molar-refractivity contribution in [3.8, 4) is 12.1 Å². The van der Waals surface area contributed by atoms with Crippen LogP contribution in [-0.2, 0) is 0 Å². The second kappa shape index (κ2) is 11.8. The van der Waals surface area contributed by atoms with Crippen molar-refractivity contribution in [1.29, 1.82) is 10.5 Å². The van der Waals surface area contributed by atoms with Gasteiger partial charge in [-0.3, -0.25) is 19.2 Å². The Bertz CT molecular complexity index is 2730. The number of anilines is 2. The van der Waals surface area contributed by atoms with Crippen LogP contribution in [0.1, 0.15) is 116 Å². The van der Waals surface area contributed by atoms with E-state index >= 15 is 0 Å². The average Bonchev–Trinajstić information content (AvgIpc) is 3.20. The highest BCUT2D eigenvalue weighted by molar-refractivity contribution is 6.46. The van der Waals surface area contributed by atoms with Crippen LogP contribution in [-0.4, -0.2) is 23.6 Å². The summed E-state index contributed by atoms with van der Waals surface area (Å²) >= 11 is 0. The van der Waals surface area contributed by atoms with Crippen LogP contribution in [0, 0.1) is 22.7 Å². The molecule has 0 aromatic heterocycles. The van der Waals surface area contributed by atoms with Crippen molar-refractivity contribution >= 4 is 78.1 Å². The fourth-order valence-corrected chi connectivity index (χ4v) is 8.49. The smallest absolute Gasteiger partial charge is 0.266 e.